The highest BCUT2D eigenvalue weighted by atomic mass is 79.9. The summed E-state index contributed by atoms with van der Waals surface area (Å²) in [4.78, 5) is 4.83. The molecule has 1 aromatic heterocycles. The van der Waals surface area contributed by atoms with Gasteiger partial charge in [-0.05, 0) is 41.1 Å². The van der Waals surface area contributed by atoms with Crippen LogP contribution in [0.15, 0.2) is 28.1 Å². The number of thiocarbonyl (C=S) groups is 1. The molecule has 0 spiro atoms. The molecule has 6 heteroatoms. The maximum atomic E-state index is 5.62. The number of aryl methyl sites for hydroxylation is 1. The van der Waals surface area contributed by atoms with Gasteiger partial charge in [0.2, 0.25) is 0 Å². The van der Waals surface area contributed by atoms with Gasteiger partial charge < -0.3 is 11.1 Å². The number of hydrogen-bond donors (Lipinski definition) is 2. The lowest BCUT2D eigenvalue weighted by Crippen LogP contribution is -2.11. The van der Waals surface area contributed by atoms with Crippen molar-refractivity contribution in [3.63, 3.8) is 0 Å². The second-order valence-electron chi connectivity index (χ2n) is 4.12. The largest absolute Gasteiger partial charge is 0.389 e. The number of halogens is 1. The molecule has 0 bridgehead atoms. The van der Waals surface area contributed by atoms with Crippen LogP contribution in [0.4, 0.5) is 5.69 Å². The number of nitrogens with one attached hydrogen (secondary N) is 1. The monoisotopic (exact) mass is 355 g/mol. The highest BCUT2D eigenvalue weighted by Crippen LogP contribution is 2.21. The number of hydrogen-bond acceptors (Lipinski definition) is 4. The summed E-state index contributed by atoms with van der Waals surface area (Å²) in [5.41, 5.74) is 8.60. The fraction of sp³-hybridized carbons (Fsp3) is 0.231. The molecule has 1 heterocycles. The van der Waals surface area contributed by atoms with Gasteiger partial charge in [-0.2, -0.15) is 0 Å². The van der Waals surface area contributed by atoms with Crippen molar-refractivity contribution in [1.82, 2.24) is 4.98 Å². The van der Waals surface area contributed by atoms with Gasteiger partial charge in [-0.3, -0.25) is 0 Å². The fourth-order valence-corrected chi connectivity index (χ4v) is 3.33. The summed E-state index contributed by atoms with van der Waals surface area (Å²) in [5.74, 6) is 0. The molecular formula is C13H14BrN3S2. The zero-order valence-electron chi connectivity index (χ0n) is 10.4. The van der Waals surface area contributed by atoms with E-state index in [1.165, 1.54) is 0 Å². The molecule has 0 aliphatic heterocycles. The van der Waals surface area contributed by atoms with Gasteiger partial charge in [0.05, 0.1) is 5.01 Å². The first-order valence-electron chi connectivity index (χ1n) is 5.80. The zero-order chi connectivity index (χ0) is 13.8. The van der Waals surface area contributed by atoms with Crippen molar-refractivity contribution in [2.45, 2.75) is 13.3 Å². The SMILES string of the molecule is Cc1csc(CCNc2ccc(C(N)=S)c(Br)c2)n1. The number of benzene rings is 1. The van der Waals surface area contributed by atoms with E-state index in [2.05, 4.69) is 31.6 Å². The van der Waals surface area contributed by atoms with Crippen LogP contribution < -0.4 is 11.1 Å². The van der Waals surface area contributed by atoms with Gasteiger partial charge in [-0.25, -0.2) is 4.98 Å². The van der Waals surface area contributed by atoms with E-state index in [1.807, 2.05) is 25.1 Å². The number of nitrogens with two attached hydrogens (primary N) is 1. The van der Waals surface area contributed by atoms with Crippen molar-refractivity contribution < 1.29 is 0 Å². The Hall–Kier alpha value is -0.980. The van der Waals surface area contributed by atoms with E-state index >= 15 is 0 Å². The summed E-state index contributed by atoms with van der Waals surface area (Å²) in [5, 5.41) is 6.59. The number of nitrogens with zero attached hydrogens (tertiary/aromatic N) is 1. The quantitative estimate of drug-likeness (QED) is 0.805. The Balaban J connectivity index is 1.93. The van der Waals surface area contributed by atoms with Gasteiger partial charge in [0, 0.05) is 39.8 Å². The molecular weight excluding hydrogens is 342 g/mol. The Kier molecular flexibility index (Phi) is 4.90. The van der Waals surface area contributed by atoms with E-state index in [-0.39, 0.29) is 0 Å². The second-order valence-corrected chi connectivity index (χ2v) is 6.36. The van der Waals surface area contributed by atoms with Crippen LogP contribution in [0, 0.1) is 6.92 Å². The first-order chi connectivity index (χ1) is 9.06. The van der Waals surface area contributed by atoms with Crippen molar-refractivity contribution in [2.75, 3.05) is 11.9 Å². The average Bonchev–Trinajstić information content (AvgIpc) is 2.75. The van der Waals surface area contributed by atoms with E-state index in [4.69, 9.17) is 18.0 Å². The average molecular weight is 356 g/mol. The summed E-state index contributed by atoms with van der Waals surface area (Å²) < 4.78 is 0.912. The van der Waals surface area contributed by atoms with Crippen molar-refractivity contribution in [3.8, 4) is 0 Å². The normalized spacial score (nSPS) is 10.4. The lowest BCUT2D eigenvalue weighted by Gasteiger charge is -2.08. The summed E-state index contributed by atoms with van der Waals surface area (Å²) >= 11 is 10.1. The Morgan fingerprint density at radius 2 is 2.32 bits per heavy atom. The molecule has 100 valence electrons. The molecule has 3 nitrogen and oxygen atoms in total. The van der Waals surface area contributed by atoms with Crippen LogP contribution in [0.5, 0.6) is 0 Å². The minimum Gasteiger partial charge on any atom is -0.389 e. The topological polar surface area (TPSA) is 50.9 Å². The third-order valence-corrected chi connectivity index (χ3v) is 4.47. The Bertz CT molecular complexity index is 595. The first-order valence-corrected chi connectivity index (χ1v) is 7.88. The van der Waals surface area contributed by atoms with Gasteiger partial charge in [-0.15, -0.1) is 11.3 Å². The summed E-state index contributed by atoms with van der Waals surface area (Å²) in [7, 11) is 0. The number of rotatable bonds is 5. The van der Waals surface area contributed by atoms with Gasteiger partial charge in [-0.1, -0.05) is 12.2 Å². The molecule has 1 aromatic carbocycles. The maximum absolute atomic E-state index is 5.62. The van der Waals surface area contributed by atoms with Gasteiger partial charge in [0.25, 0.3) is 0 Å². The minimum absolute atomic E-state index is 0.400. The highest BCUT2D eigenvalue weighted by Gasteiger charge is 2.04. The zero-order valence-corrected chi connectivity index (χ0v) is 13.7. The molecule has 2 rings (SSSR count). The molecule has 0 fully saturated rings. The number of anilines is 1. The van der Waals surface area contributed by atoms with Gasteiger partial charge in [0.1, 0.15) is 4.99 Å². The van der Waals surface area contributed by atoms with Gasteiger partial charge >= 0.3 is 0 Å². The molecule has 3 N–H and O–H groups in total. The third kappa shape index (κ3) is 3.99. The predicted octanol–water partition coefficient (Wildman–Crippen LogP) is 3.50. The van der Waals surface area contributed by atoms with Crippen LogP contribution in [-0.4, -0.2) is 16.5 Å². The lowest BCUT2D eigenvalue weighted by atomic mass is 10.2. The van der Waals surface area contributed by atoms with Crippen LogP contribution in [0.1, 0.15) is 16.3 Å². The van der Waals surface area contributed by atoms with Crippen LogP contribution in [0.2, 0.25) is 0 Å². The molecule has 0 amide bonds. The number of thiazole rings is 1. The van der Waals surface area contributed by atoms with Crippen molar-refractivity contribution in [1.29, 1.82) is 0 Å². The summed E-state index contributed by atoms with van der Waals surface area (Å²) in [6.07, 6.45) is 0.924. The van der Waals surface area contributed by atoms with Crippen molar-refractivity contribution in [3.05, 3.63) is 44.3 Å². The van der Waals surface area contributed by atoms with E-state index in [0.717, 1.165) is 39.4 Å². The van der Waals surface area contributed by atoms with E-state index in [9.17, 15) is 0 Å². The standard InChI is InChI=1S/C13H14BrN3S2/c1-8-7-19-12(17-8)4-5-16-9-2-3-10(13(15)18)11(14)6-9/h2-3,6-7,16H,4-5H2,1H3,(H2,15,18). The van der Waals surface area contributed by atoms with Gasteiger partial charge in [0.15, 0.2) is 0 Å². The molecule has 2 aromatic rings. The summed E-state index contributed by atoms with van der Waals surface area (Å²) in [6.45, 7) is 2.87. The molecule has 0 atom stereocenters. The molecule has 0 aliphatic carbocycles. The van der Waals surface area contributed by atoms with Crippen LogP contribution >= 0.6 is 39.5 Å². The molecule has 0 radical (unpaired) electrons. The third-order valence-electron chi connectivity index (χ3n) is 2.57. The maximum Gasteiger partial charge on any atom is 0.105 e. The summed E-state index contributed by atoms with van der Waals surface area (Å²) in [6, 6.07) is 5.89. The Morgan fingerprint density at radius 3 is 2.89 bits per heavy atom. The van der Waals surface area contributed by atoms with Crippen molar-refractivity contribution in [2.24, 2.45) is 5.73 Å². The van der Waals surface area contributed by atoms with Crippen LogP contribution in [0.3, 0.4) is 0 Å². The Labute approximate surface area is 130 Å². The highest BCUT2D eigenvalue weighted by molar-refractivity contribution is 9.10. The predicted molar refractivity (Wildman–Crippen MR) is 89.1 cm³/mol. The molecule has 0 saturated heterocycles. The molecule has 0 saturated carbocycles. The second kappa shape index (κ2) is 6.45. The fourth-order valence-electron chi connectivity index (χ4n) is 1.66. The minimum atomic E-state index is 0.400. The smallest absolute Gasteiger partial charge is 0.105 e. The van der Waals surface area contributed by atoms with E-state index < -0.39 is 0 Å². The van der Waals surface area contributed by atoms with Crippen molar-refractivity contribution >= 4 is 50.2 Å². The molecule has 0 unspecified atom stereocenters. The van der Waals surface area contributed by atoms with Crippen LogP contribution in [-0.2, 0) is 6.42 Å². The lowest BCUT2D eigenvalue weighted by molar-refractivity contribution is 0.987. The molecule has 19 heavy (non-hydrogen) atoms. The first kappa shape index (κ1) is 14.4. The van der Waals surface area contributed by atoms with Crippen LogP contribution in [0.25, 0.3) is 0 Å². The number of aromatic nitrogens is 1. The van der Waals surface area contributed by atoms with E-state index in [1.54, 1.807) is 11.3 Å². The van der Waals surface area contributed by atoms with E-state index in [0.29, 0.717) is 4.99 Å². The Morgan fingerprint density at radius 1 is 1.53 bits per heavy atom. The molecule has 0 aliphatic rings.